The molecule has 0 fully saturated rings. The number of Topliss-reactive ketones (excluding diaryl/α,β-unsaturated/α-hetero) is 2. The highest BCUT2D eigenvalue weighted by molar-refractivity contribution is 5.86. The van der Waals surface area contributed by atoms with Crippen molar-refractivity contribution >= 4 is 48.3 Å². The maximum Gasteiger partial charge on any atom is 0.306 e. The molecule has 0 aliphatic rings. The molecule has 0 aliphatic heterocycles. The normalized spacial score (nSPS) is 8.42. The van der Waals surface area contributed by atoms with Crippen LogP contribution >= 0.6 is 24.8 Å². The first-order chi connectivity index (χ1) is 10.4. The summed E-state index contributed by atoms with van der Waals surface area (Å²) in [6.07, 6.45) is 2.52. The molecule has 0 radical (unpaired) electrons. The zero-order valence-electron chi connectivity index (χ0n) is 13.4. The van der Waals surface area contributed by atoms with Gasteiger partial charge >= 0.3 is 11.9 Å². The lowest BCUT2D eigenvalue weighted by molar-refractivity contribution is -0.144. The Labute approximate surface area is 153 Å². The van der Waals surface area contributed by atoms with Crippen molar-refractivity contribution in [1.82, 2.24) is 0 Å². The Bertz CT molecular complexity index is 391. The zero-order chi connectivity index (χ0) is 17.4. The number of aliphatic carboxylic acids is 1. The molecule has 8 nitrogen and oxygen atoms in total. The number of hydrogen-bond donors (Lipinski definition) is 3. The Morgan fingerprint density at radius 2 is 1.38 bits per heavy atom. The summed E-state index contributed by atoms with van der Waals surface area (Å²) in [6, 6.07) is 0. The number of carboxylic acids is 1. The fourth-order valence-corrected chi connectivity index (χ4v) is 1.02. The second-order valence-corrected chi connectivity index (χ2v) is 4.18. The summed E-state index contributed by atoms with van der Waals surface area (Å²) in [7, 11) is 0. The van der Waals surface area contributed by atoms with Crippen LogP contribution in [0.2, 0.25) is 0 Å². The van der Waals surface area contributed by atoms with Gasteiger partial charge in [-0.05, 0) is 6.42 Å². The number of halogens is 2. The summed E-state index contributed by atoms with van der Waals surface area (Å²) in [5, 5.41) is 8.06. The van der Waals surface area contributed by atoms with Crippen LogP contribution < -0.4 is 11.5 Å². The zero-order valence-corrected chi connectivity index (χ0v) is 15.0. The van der Waals surface area contributed by atoms with Crippen molar-refractivity contribution in [2.24, 2.45) is 11.5 Å². The van der Waals surface area contributed by atoms with Gasteiger partial charge in [0.25, 0.3) is 0 Å². The molecule has 0 saturated heterocycles. The smallest absolute Gasteiger partial charge is 0.306 e. The van der Waals surface area contributed by atoms with Crippen LogP contribution in [-0.2, 0) is 23.9 Å². The predicted octanol–water partition coefficient (Wildman–Crippen LogP) is 0.636. The maximum absolute atomic E-state index is 10.9. The number of hydrogen-bond acceptors (Lipinski definition) is 7. The lowest BCUT2D eigenvalue weighted by Crippen LogP contribution is -2.15. The molecule has 0 unspecified atom stereocenters. The Morgan fingerprint density at radius 1 is 0.917 bits per heavy atom. The molecule has 0 aromatic heterocycles. The van der Waals surface area contributed by atoms with Crippen molar-refractivity contribution in [2.45, 2.75) is 32.1 Å². The van der Waals surface area contributed by atoms with Crippen molar-refractivity contribution in [3.05, 3.63) is 12.7 Å². The van der Waals surface area contributed by atoms with E-state index in [4.69, 9.17) is 21.3 Å². The van der Waals surface area contributed by atoms with Crippen molar-refractivity contribution in [2.75, 3.05) is 19.7 Å². The van der Waals surface area contributed by atoms with Crippen molar-refractivity contribution in [3.8, 4) is 0 Å². The molecule has 0 bridgehead atoms. The van der Waals surface area contributed by atoms with Gasteiger partial charge in [-0.15, -0.1) is 31.4 Å². The largest absolute Gasteiger partial charge is 0.481 e. The fraction of sp³-hybridized carbons (Fsp3) is 0.571. The summed E-state index contributed by atoms with van der Waals surface area (Å²) < 4.78 is 4.77. The first kappa shape index (κ1) is 30.4. The van der Waals surface area contributed by atoms with Crippen LogP contribution in [-0.4, -0.2) is 48.3 Å². The number of nitrogens with two attached hydrogens (primary N) is 2. The number of ether oxygens (including phenoxy) is 1. The molecule has 24 heavy (non-hydrogen) atoms. The molecule has 5 N–H and O–H groups in total. The van der Waals surface area contributed by atoms with E-state index in [-0.39, 0.29) is 81.1 Å². The number of ketones is 2. The van der Waals surface area contributed by atoms with Gasteiger partial charge in [0.2, 0.25) is 0 Å². The standard InChI is InChI=1S/C9H15NO3.C5H9NO3.2ClH/c1-2-3-6-13-9(12)5-4-8(11)7-10;6-3-4(7)1-2-5(8)9;;/h2H,1,3-7,10H2;1-3,6H2,(H,8,9);2*1H. The molecule has 0 aromatic carbocycles. The molecule has 0 saturated carbocycles. The second-order valence-electron chi connectivity index (χ2n) is 4.18. The first-order valence-corrected chi connectivity index (χ1v) is 6.79. The minimum atomic E-state index is -0.961. The molecular weight excluding hydrogens is 363 g/mol. The summed E-state index contributed by atoms with van der Waals surface area (Å²) in [6.45, 7) is 3.74. The second kappa shape index (κ2) is 21.5. The van der Waals surface area contributed by atoms with Crippen molar-refractivity contribution in [3.63, 3.8) is 0 Å². The Kier molecular flexibility index (Phi) is 27.3. The fourth-order valence-electron chi connectivity index (χ4n) is 1.02. The number of carboxylic acid groups (broad SMARTS) is 1. The third-order valence-electron chi connectivity index (χ3n) is 2.27. The quantitative estimate of drug-likeness (QED) is 0.265. The summed E-state index contributed by atoms with van der Waals surface area (Å²) in [4.78, 5) is 41.7. The van der Waals surface area contributed by atoms with E-state index < -0.39 is 5.97 Å². The highest BCUT2D eigenvalue weighted by Gasteiger charge is 2.05. The van der Waals surface area contributed by atoms with Crippen molar-refractivity contribution in [1.29, 1.82) is 0 Å². The maximum atomic E-state index is 10.9. The van der Waals surface area contributed by atoms with Gasteiger partial charge in [0, 0.05) is 12.8 Å². The van der Waals surface area contributed by atoms with Gasteiger partial charge in [-0.3, -0.25) is 19.2 Å². The van der Waals surface area contributed by atoms with E-state index in [9.17, 15) is 19.2 Å². The molecule has 0 rings (SSSR count). The molecule has 0 aliphatic carbocycles. The number of rotatable bonds is 11. The van der Waals surface area contributed by atoms with Gasteiger partial charge < -0.3 is 21.3 Å². The van der Waals surface area contributed by atoms with Gasteiger partial charge in [0.05, 0.1) is 32.5 Å². The van der Waals surface area contributed by atoms with E-state index in [1.54, 1.807) is 6.08 Å². The van der Waals surface area contributed by atoms with E-state index in [1.807, 2.05) is 0 Å². The molecule has 0 atom stereocenters. The molecule has 0 spiro atoms. The lowest BCUT2D eigenvalue weighted by Gasteiger charge is -2.01. The van der Waals surface area contributed by atoms with Crippen LogP contribution in [0.4, 0.5) is 0 Å². The predicted molar refractivity (Wildman–Crippen MR) is 94.5 cm³/mol. The Morgan fingerprint density at radius 3 is 1.75 bits per heavy atom. The van der Waals surface area contributed by atoms with E-state index in [0.717, 1.165) is 0 Å². The topological polar surface area (TPSA) is 150 Å². The highest BCUT2D eigenvalue weighted by Crippen LogP contribution is 1.94. The molecule has 10 heteroatoms. The van der Waals surface area contributed by atoms with Crippen LogP contribution in [0.15, 0.2) is 12.7 Å². The summed E-state index contributed by atoms with van der Waals surface area (Å²) in [5.74, 6) is -1.65. The van der Waals surface area contributed by atoms with Gasteiger partial charge in [-0.1, -0.05) is 6.08 Å². The summed E-state index contributed by atoms with van der Waals surface area (Å²) >= 11 is 0. The van der Waals surface area contributed by atoms with Crippen LogP contribution in [0.5, 0.6) is 0 Å². The number of carbonyl (C=O) groups excluding carboxylic acids is 3. The minimum absolute atomic E-state index is 0. The average Bonchev–Trinajstić information content (AvgIpc) is 2.50. The third-order valence-corrected chi connectivity index (χ3v) is 2.27. The van der Waals surface area contributed by atoms with Crippen LogP contribution in [0, 0.1) is 0 Å². The van der Waals surface area contributed by atoms with Gasteiger partial charge in [-0.2, -0.15) is 0 Å². The monoisotopic (exact) mass is 388 g/mol. The lowest BCUT2D eigenvalue weighted by atomic mass is 10.2. The number of carbonyl (C=O) groups is 4. The van der Waals surface area contributed by atoms with E-state index in [0.29, 0.717) is 13.0 Å². The molecule has 0 heterocycles. The number of esters is 1. The Hall–Kier alpha value is -1.48. The Balaban J connectivity index is -0.000000162. The van der Waals surface area contributed by atoms with Crippen LogP contribution in [0.25, 0.3) is 0 Å². The van der Waals surface area contributed by atoms with E-state index in [1.165, 1.54) is 0 Å². The molecular formula is C14H26Cl2N2O6. The SMILES string of the molecule is C=CCCOC(=O)CCC(=O)CN.Cl.Cl.NCC(=O)CCC(=O)O. The third kappa shape index (κ3) is 25.5. The van der Waals surface area contributed by atoms with Crippen molar-refractivity contribution < 1.29 is 29.0 Å². The van der Waals surface area contributed by atoms with Crippen LogP contribution in [0.3, 0.4) is 0 Å². The van der Waals surface area contributed by atoms with Gasteiger partial charge in [-0.25, -0.2) is 0 Å². The average molecular weight is 389 g/mol. The first-order valence-electron chi connectivity index (χ1n) is 6.79. The summed E-state index contributed by atoms with van der Waals surface area (Å²) in [5.41, 5.74) is 9.98. The highest BCUT2D eigenvalue weighted by atomic mass is 35.5. The molecule has 142 valence electrons. The van der Waals surface area contributed by atoms with E-state index in [2.05, 4.69) is 6.58 Å². The minimum Gasteiger partial charge on any atom is -0.481 e. The molecule has 0 amide bonds. The van der Waals surface area contributed by atoms with Crippen LogP contribution in [0.1, 0.15) is 32.1 Å². The van der Waals surface area contributed by atoms with E-state index >= 15 is 0 Å². The van der Waals surface area contributed by atoms with Gasteiger partial charge in [0.1, 0.15) is 11.6 Å². The van der Waals surface area contributed by atoms with Gasteiger partial charge in [0.15, 0.2) is 0 Å². The molecule has 0 aromatic rings.